The van der Waals surface area contributed by atoms with Crippen LogP contribution in [0.3, 0.4) is 0 Å². The van der Waals surface area contributed by atoms with Crippen LogP contribution in [0.5, 0.6) is 5.75 Å². The Hall–Kier alpha value is -2.82. The van der Waals surface area contributed by atoms with Crippen molar-refractivity contribution < 1.29 is 14.3 Å². The second-order valence-corrected chi connectivity index (χ2v) is 5.16. The number of carbonyl (C=O) groups excluding carboxylic acids is 2. The Morgan fingerprint density at radius 1 is 0.870 bits per heavy atom. The summed E-state index contributed by atoms with van der Waals surface area (Å²) in [4.78, 5) is 23.9. The fourth-order valence-electron chi connectivity index (χ4n) is 2.00. The predicted molar refractivity (Wildman–Crippen MR) is 90.8 cm³/mol. The van der Waals surface area contributed by atoms with E-state index in [1.54, 1.807) is 30.3 Å². The highest BCUT2D eigenvalue weighted by atomic mass is 16.5. The minimum atomic E-state index is -0.715. The minimum absolute atomic E-state index is 0.536. The van der Waals surface area contributed by atoms with Crippen LogP contribution in [0.2, 0.25) is 0 Å². The van der Waals surface area contributed by atoms with Crippen molar-refractivity contribution in [3.05, 3.63) is 53.6 Å². The highest BCUT2D eigenvalue weighted by Gasteiger charge is 2.14. The first-order valence-corrected chi connectivity index (χ1v) is 7.42. The molecule has 0 aliphatic carbocycles. The molecule has 2 rings (SSSR count). The third-order valence-electron chi connectivity index (χ3n) is 3.39. The van der Waals surface area contributed by atoms with Crippen LogP contribution in [0.4, 0.5) is 11.4 Å². The zero-order chi connectivity index (χ0) is 16.8. The van der Waals surface area contributed by atoms with E-state index >= 15 is 0 Å². The molecule has 0 radical (unpaired) electrons. The van der Waals surface area contributed by atoms with Gasteiger partial charge in [-0.15, -0.1) is 0 Å². The average Bonchev–Trinajstić information content (AvgIpc) is 2.53. The number of nitrogens with one attached hydrogen (secondary N) is 2. The summed E-state index contributed by atoms with van der Waals surface area (Å²) < 4.78 is 5.32. The largest absolute Gasteiger partial charge is 0.494 e. The summed E-state index contributed by atoms with van der Waals surface area (Å²) in [6.45, 7) is 6.40. The van der Waals surface area contributed by atoms with E-state index in [4.69, 9.17) is 4.74 Å². The Balaban J connectivity index is 1.96. The van der Waals surface area contributed by atoms with Crippen molar-refractivity contribution in [2.24, 2.45) is 0 Å². The molecule has 0 bridgehead atoms. The van der Waals surface area contributed by atoms with Crippen LogP contribution in [-0.4, -0.2) is 18.4 Å². The van der Waals surface area contributed by atoms with Crippen molar-refractivity contribution in [1.82, 2.24) is 0 Å². The van der Waals surface area contributed by atoms with Crippen LogP contribution in [0.15, 0.2) is 42.5 Å². The van der Waals surface area contributed by atoms with Crippen molar-refractivity contribution in [1.29, 1.82) is 0 Å². The Labute approximate surface area is 135 Å². The van der Waals surface area contributed by atoms with E-state index in [0.717, 1.165) is 11.1 Å². The van der Waals surface area contributed by atoms with Gasteiger partial charge in [0.2, 0.25) is 0 Å². The molecule has 120 valence electrons. The third-order valence-corrected chi connectivity index (χ3v) is 3.39. The molecule has 0 aliphatic heterocycles. The summed E-state index contributed by atoms with van der Waals surface area (Å²) in [5.74, 6) is -0.709. The van der Waals surface area contributed by atoms with E-state index in [9.17, 15) is 9.59 Å². The molecular formula is C18H20N2O3. The van der Waals surface area contributed by atoms with Gasteiger partial charge in [-0.25, -0.2) is 0 Å². The molecule has 0 spiro atoms. The lowest BCUT2D eigenvalue weighted by atomic mass is 10.1. The molecule has 0 atom stereocenters. The summed E-state index contributed by atoms with van der Waals surface area (Å²) in [6.07, 6.45) is 0. The van der Waals surface area contributed by atoms with Gasteiger partial charge in [0.1, 0.15) is 5.75 Å². The van der Waals surface area contributed by atoms with Crippen LogP contribution in [-0.2, 0) is 9.59 Å². The molecule has 23 heavy (non-hydrogen) atoms. The molecule has 5 heteroatoms. The molecule has 5 nitrogen and oxygen atoms in total. The lowest BCUT2D eigenvalue weighted by Gasteiger charge is -2.09. The molecule has 2 aromatic rings. The van der Waals surface area contributed by atoms with Gasteiger partial charge in [-0.2, -0.15) is 0 Å². The first-order chi connectivity index (χ1) is 11.0. The summed E-state index contributed by atoms with van der Waals surface area (Å²) >= 11 is 0. The number of benzene rings is 2. The first-order valence-electron chi connectivity index (χ1n) is 7.42. The lowest BCUT2D eigenvalue weighted by Crippen LogP contribution is -2.29. The third kappa shape index (κ3) is 4.57. The number of amides is 2. The van der Waals surface area contributed by atoms with Crippen LogP contribution in [0.1, 0.15) is 18.1 Å². The summed E-state index contributed by atoms with van der Waals surface area (Å²) in [6, 6.07) is 12.3. The van der Waals surface area contributed by atoms with Crippen molar-refractivity contribution in [2.75, 3.05) is 17.2 Å². The van der Waals surface area contributed by atoms with E-state index in [1.165, 1.54) is 0 Å². The zero-order valence-electron chi connectivity index (χ0n) is 13.5. The molecule has 2 N–H and O–H groups in total. The van der Waals surface area contributed by atoms with Gasteiger partial charge in [-0.3, -0.25) is 9.59 Å². The summed E-state index contributed by atoms with van der Waals surface area (Å²) in [7, 11) is 0. The van der Waals surface area contributed by atoms with Gasteiger partial charge in [0, 0.05) is 11.4 Å². The van der Waals surface area contributed by atoms with Crippen LogP contribution < -0.4 is 15.4 Å². The molecule has 0 aliphatic rings. The molecule has 0 saturated heterocycles. The zero-order valence-corrected chi connectivity index (χ0v) is 13.5. The molecule has 0 saturated carbocycles. The molecule has 2 amide bonds. The summed E-state index contributed by atoms with van der Waals surface area (Å²) in [5, 5.41) is 5.14. The smallest absolute Gasteiger partial charge is 0.314 e. The van der Waals surface area contributed by atoms with Gasteiger partial charge in [-0.1, -0.05) is 6.07 Å². The fraction of sp³-hybridized carbons (Fsp3) is 0.222. The Morgan fingerprint density at radius 2 is 1.43 bits per heavy atom. The lowest BCUT2D eigenvalue weighted by molar-refractivity contribution is -0.132. The highest BCUT2D eigenvalue weighted by molar-refractivity contribution is 6.43. The van der Waals surface area contributed by atoms with Gasteiger partial charge >= 0.3 is 11.8 Å². The fourth-order valence-corrected chi connectivity index (χ4v) is 2.00. The number of anilines is 2. The quantitative estimate of drug-likeness (QED) is 0.851. The van der Waals surface area contributed by atoms with Crippen LogP contribution in [0, 0.1) is 13.8 Å². The van der Waals surface area contributed by atoms with Gasteiger partial charge < -0.3 is 15.4 Å². The van der Waals surface area contributed by atoms with Gasteiger partial charge in [0.25, 0.3) is 0 Å². The molecular weight excluding hydrogens is 292 g/mol. The van der Waals surface area contributed by atoms with Crippen molar-refractivity contribution in [2.45, 2.75) is 20.8 Å². The molecule has 0 fully saturated rings. The van der Waals surface area contributed by atoms with Crippen molar-refractivity contribution in [3.63, 3.8) is 0 Å². The Kier molecular flexibility index (Phi) is 5.36. The number of hydrogen-bond donors (Lipinski definition) is 2. The molecule has 0 unspecified atom stereocenters. The average molecular weight is 312 g/mol. The van der Waals surface area contributed by atoms with Gasteiger partial charge in [0.05, 0.1) is 6.61 Å². The monoisotopic (exact) mass is 312 g/mol. The molecule has 0 aromatic heterocycles. The van der Waals surface area contributed by atoms with Crippen molar-refractivity contribution in [3.8, 4) is 5.75 Å². The number of hydrogen-bond acceptors (Lipinski definition) is 3. The minimum Gasteiger partial charge on any atom is -0.494 e. The van der Waals surface area contributed by atoms with E-state index in [-0.39, 0.29) is 0 Å². The SMILES string of the molecule is CCOc1ccc(NC(=O)C(=O)Nc2ccc(C)c(C)c2)cc1. The summed E-state index contributed by atoms with van der Waals surface area (Å²) in [5.41, 5.74) is 3.31. The molecule has 0 heterocycles. The predicted octanol–water partition coefficient (Wildman–Crippen LogP) is 3.28. The number of ether oxygens (including phenoxy) is 1. The normalized spacial score (nSPS) is 10.0. The molecule has 2 aromatic carbocycles. The Bertz CT molecular complexity index is 709. The first kappa shape index (κ1) is 16.5. The van der Waals surface area contributed by atoms with Gasteiger partial charge in [-0.05, 0) is 68.3 Å². The van der Waals surface area contributed by atoms with E-state index in [1.807, 2.05) is 32.9 Å². The maximum absolute atomic E-state index is 11.9. The van der Waals surface area contributed by atoms with Crippen molar-refractivity contribution >= 4 is 23.2 Å². The maximum atomic E-state index is 11.9. The Morgan fingerprint density at radius 3 is 2.00 bits per heavy atom. The van der Waals surface area contributed by atoms with E-state index in [0.29, 0.717) is 23.7 Å². The van der Waals surface area contributed by atoms with E-state index < -0.39 is 11.8 Å². The highest BCUT2D eigenvalue weighted by Crippen LogP contribution is 2.16. The number of rotatable bonds is 4. The maximum Gasteiger partial charge on any atom is 0.314 e. The second kappa shape index (κ2) is 7.45. The van der Waals surface area contributed by atoms with Crippen LogP contribution in [0.25, 0.3) is 0 Å². The standard InChI is InChI=1S/C18H20N2O3/c1-4-23-16-9-7-14(8-10-16)19-17(21)18(22)20-15-6-5-12(2)13(3)11-15/h5-11H,4H2,1-3H3,(H,19,21)(H,20,22). The number of aryl methyl sites for hydroxylation is 2. The van der Waals surface area contributed by atoms with Gasteiger partial charge in [0.15, 0.2) is 0 Å². The number of carbonyl (C=O) groups is 2. The topological polar surface area (TPSA) is 67.4 Å². The second-order valence-electron chi connectivity index (χ2n) is 5.16. The van der Waals surface area contributed by atoms with Crippen LogP contribution >= 0.6 is 0 Å². The van der Waals surface area contributed by atoms with E-state index in [2.05, 4.69) is 10.6 Å².